The lowest BCUT2D eigenvalue weighted by molar-refractivity contribution is 0.532. The highest BCUT2D eigenvalue weighted by atomic mass is 32.1. The Hall–Kier alpha value is -1.67. The van der Waals surface area contributed by atoms with Gasteiger partial charge in [-0.3, -0.25) is 0 Å². The van der Waals surface area contributed by atoms with Gasteiger partial charge in [0, 0.05) is 6.54 Å². The number of hydrogen-bond acceptors (Lipinski definition) is 4. The molecule has 0 saturated carbocycles. The smallest absolute Gasteiger partial charge is 0.191 e. The van der Waals surface area contributed by atoms with Gasteiger partial charge in [-0.25, -0.2) is 4.68 Å². The standard InChI is InChI=1S/C13H16N4S/c1-2-3-4-5-8-17-13(11(10-14)15-16-17)12-7-6-9-18-12/h6-7,9H,2-5,8H2,1H3. The predicted octanol–water partition coefficient (Wildman–Crippen LogP) is 3.46. The van der Waals surface area contributed by atoms with Crippen LogP contribution in [0.25, 0.3) is 10.6 Å². The maximum absolute atomic E-state index is 9.08. The van der Waals surface area contributed by atoms with Crippen molar-refractivity contribution in [3.8, 4) is 16.6 Å². The number of nitriles is 1. The minimum absolute atomic E-state index is 0.424. The molecule has 18 heavy (non-hydrogen) atoms. The van der Waals surface area contributed by atoms with E-state index in [9.17, 15) is 0 Å². The summed E-state index contributed by atoms with van der Waals surface area (Å²) in [5, 5.41) is 19.1. The molecule has 2 aromatic heterocycles. The molecule has 0 spiro atoms. The van der Waals surface area contributed by atoms with E-state index in [2.05, 4.69) is 23.3 Å². The van der Waals surface area contributed by atoms with Crippen LogP contribution in [0.5, 0.6) is 0 Å². The summed E-state index contributed by atoms with van der Waals surface area (Å²) in [4.78, 5) is 1.06. The molecule has 0 atom stereocenters. The molecule has 94 valence electrons. The van der Waals surface area contributed by atoms with Crippen LogP contribution in [0.4, 0.5) is 0 Å². The molecule has 2 heterocycles. The second-order valence-corrected chi connectivity index (χ2v) is 5.11. The van der Waals surface area contributed by atoms with Crippen LogP contribution >= 0.6 is 11.3 Å². The van der Waals surface area contributed by atoms with Gasteiger partial charge in [-0.05, 0) is 17.9 Å². The molecule has 0 aliphatic heterocycles. The average molecular weight is 260 g/mol. The average Bonchev–Trinajstić information content (AvgIpc) is 3.02. The molecule has 4 nitrogen and oxygen atoms in total. The quantitative estimate of drug-likeness (QED) is 0.747. The lowest BCUT2D eigenvalue weighted by Crippen LogP contribution is -2.02. The molecular formula is C13H16N4S. The monoisotopic (exact) mass is 260 g/mol. The highest BCUT2D eigenvalue weighted by Gasteiger charge is 2.14. The van der Waals surface area contributed by atoms with E-state index in [0.29, 0.717) is 5.69 Å². The zero-order valence-electron chi connectivity index (χ0n) is 10.5. The van der Waals surface area contributed by atoms with Crippen LogP contribution in [-0.4, -0.2) is 15.0 Å². The van der Waals surface area contributed by atoms with Crippen LogP contribution in [0.1, 0.15) is 38.3 Å². The lowest BCUT2D eigenvalue weighted by Gasteiger charge is -2.04. The summed E-state index contributed by atoms with van der Waals surface area (Å²) < 4.78 is 1.86. The fourth-order valence-electron chi connectivity index (χ4n) is 1.89. The van der Waals surface area contributed by atoms with Gasteiger partial charge in [-0.2, -0.15) is 5.26 Å². The van der Waals surface area contributed by atoms with E-state index in [-0.39, 0.29) is 0 Å². The zero-order valence-corrected chi connectivity index (χ0v) is 11.3. The third-order valence-corrected chi connectivity index (χ3v) is 3.70. The van der Waals surface area contributed by atoms with Gasteiger partial charge in [-0.15, -0.1) is 16.4 Å². The van der Waals surface area contributed by atoms with Gasteiger partial charge >= 0.3 is 0 Å². The number of hydrogen-bond donors (Lipinski definition) is 0. The fourth-order valence-corrected chi connectivity index (χ4v) is 2.66. The molecule has 2 aromatic rings. The second kappa shape index (κ2) is 6.31. The molecule has 5 heteroatoms. The van der Waals surface area contributed by atoms with Gasteiger partial charge < -0.3 is 0 Å². The third kappa shape index (κ3) is 2.77. The van der Waals surface area contributed by atoms with E-state index in [1.807, 2.05) is 22.2 Å². The molecule has 0 aliphatic rings. The maximum atomic E-state index is 9.08. The van der Waals surface area contributed by atoms with Crippen LogP contribution in [0, 0.1) is 11.3 Å². The summed E-state index contributed by atoms with van der Waals surface area (Å²) in [6.07, 6.45) is 4.75. The minimum Gasteiger partial charge on any atom is -0.242 e. The third-order valence-electron chi connectivity index (χ3n) is 2.82. The van der Waals surface area contributed by atoms with Gasteiger partial charge in [0.2, 0.25) is 0 Å². The molecule has 0 aromatic carbocycles. The van der Waals surface area contributed by atoms with Crippen LogP contribution < -0.4 is 0 Å². The minimum atomic E-state index is 0.424. The molecular weight excluding hydrogens is 244 g/mol. The van der Waals surface area contributed by atoms with Crippen molar-refractivity contribution in [1.29, 1.82) is 5.26 Å². The van der Waals surface area contributed by atoms with E-state index in [1.165, 1.54) is 19.3 Å². The van der Waals surface area contributed by atoms with Crippen molar-refractivity contribution in [1.82, 2.24) is 15.0 Å². The SMILES string of the molecule is CCCCCCn1nnc(C#N)c1-c1cccs1. The first kappa shape index (κ1) is 12.8. The molecule has 0 amide bonds. The Bertz CT molecular complexity index is 522. The Kier molecular flexibility index (Phi) is 4.48. The van der Waals surface area contributed by atoms with Crippen molar-refractivity contribution in [2.24, 2.45) is 0 Å². The highest BCUT2D eigenvalue weighted by molar-refractivity contribution is 7.13. The molecule has 0 N–H and O–H groups in total. The van der Waals surface area contributed by atoms with E-state index < -0.39 is 0 Å². The first-order chi connectivity index (χ1) is 8.86. The van der Waals surface area contributed by atoms with Crippen molar-refractivity contribution in [2.75, 3.05) is 0 Å². The fraction of sp³-hybridized carbons (Fsp3) is 0.462. The van der Waals surface area contributed by atoms with E-state index >= 15 is 0 Å². The largest absolute Gasteiger partial charge is 0.242 e. The zero-order chi connectivity index (χ0) is 12.8. The molecule has 2 rings (SSSR count). The summed E-state index contributed by atoms with van der Waals surface area (Å²) in [5.41, 5.74) is 1.29. The molecule has 0 bridgehead atoms. The number of unbranched alkanes of at least 4 members (excludes halogenated alkanes) is 3. The Labute approximate surface area is 111 Å². The first-order valence-corrected chi connectivity index (χ1v) is 7.12. The Morgan fingerprint density at radius 1 is 1.39 bits per heavy atom. The van der Waals surface area contributed by atoms with Crippen molar-refractivity contribution < 1.29 is 0 Å². The van der Waals surface area contributed by atoms with Gasteiger partial charge in [0.1, 0.15) is 11.8 Å². The first-order valence-electron chi connectivity index (χ1n) is 6.24. The molecule has 0 unspecified atom stereocenters. The van der Waals surface area contributed by atoms with Crippen molar-refractivity contribution in [2.45, 2.75) is 39.2 Å². The van der Waals surface area contributed by atoms with Gasteiger partial charge in [0.25, 0.3) is 0 Å². The van der Waals surface area contributed by atoms with Crippen LogP contribution in [0.2, 0.25) is 0 Å². The number of aryl methyl sites for hydroxylation is 1. The van der Waals surface area contributed by atoms with Crippen molar-refractivity contribution in [3.05, 3.63) is 23.2 Å². The van der Waals surface area contributed by atoms with E-state index in [0.717, 1.165) is 23.5 Å². The van der Waals surface area contributed by atoms with E-state index in [1.54, 1.807) is 11.3 Å². The molecule has 0 saturated heterocycles. The van der Waals surface area contributed by atoms with Gasteiger partial charge in [0.05, 0.1) is 4.88 Å². The topological polar surface area (TPSA) is 54.5 Å². The lowest BCUT2D eigenvalue weighted by atomic mass is 10.2. The summed E-state index contributed by atoms with van der Waals surface area (Å²) in [5.74, 6) is 0. The Morgan fingerprint density at radius 3 is 2.94 bits per heavy atom. The summed E-state index contributed by atoms with van der Waals surface area (Å²) in [7, 11) is 0. The number of nitrogens with zero attached hydrogens (tertiary/aromatic N) is 4. The summed E-state index contributed by atoms with van der Waals surface area (Å²) in [6.45, 7) is 3.03. The highest BCUT2D eigenvalue weighted by Crippen LogP contribution is 2.26. The summed E-state index contributed by atoms with van der Waals surface area (Å²) in [6, 6.07) is 6.11. The van der Waals surface area contributed by atoms with Gasteiger partial charge in [-0.1, -0.05) is 37.5 Å². The van der Waals surface area contributed by atoms with Crippen molar-refractivity contribution in [3.63, 3.8) is 0 Å². The Balaban J connectivity index is 2.16. The van der Waals surface area contributed by atoms with Crippen LogP contribution in [0.3, 0.4) is 0 Å². The number of thiophene rings is 1. The maximum Gasteiger partial charge on any atom is 0.191 e. The van der Waals surface area contributed by atoms with Gasteiger partial charge in [0.15, 0.2) is 5.69 Å². The second-order valence-electron chi connectivity index (χ2n) is 4.16. The van der Waals surface area contributed by atoms with E-state index in [4.69, 9.17) is 5.26 Å². The summed E-state index contributed by atoms with van der Waals surface area (Å²) >= 11 is 1.62. The number of aromatic nitrogens is 3. The Morgan fingerprint density at radius 2 is 2.28 bits per heavy atom. The molecule has 0 aliphatic carbocycles. The van der Waals surface area contributed by atoms with Crippen LogP contribution in [0.15, 0.2) is 17.5 Å². The molecule has 0 fully saturated rings. The molecule has 0 radical (unpaired) electrons. The van der Waals surface area contributed by atoms with Crippen LogP contribution in [-0.2, 0) is 6.54 Å². The predicted molar refractivity (Wildman–Crippen MR) is 72.2 cm³/mol. The number of rotatable bonds is 6. The normalized spacial score (nSPS) is 10.4. The van der Waals surface area contributed by atoms with Crippen molar-refractivity contribution >= 4 is 11.3 Å².